The van der Waals surface area contributed by atoms with Crippen LogP contribution in [-0.2, 0) is 11.3 Å². The van der Waals surface area contributed by atoms with Crippen molar-refractivity contribution in [1.29, 1.82) is 0 Å². The van der Waals surface area contributed by atoms with E-state index in [0.29, 0.717) is 21.8 Å². The van der Waals surface area contributed by atoms with Gasteiger partial charge >= 0.3 is 6.01 Å². The number of aromatic nitrogens is 4. The molecule has 23 heavy (non-hydrogen) atoms. The number of carbonyl (C=O) groups is 1. The molecule has 0 radical (unpaired) electrons. The van der Waals surface area contributed by atoms with Gasteiger partial charge < -0.3 is 14.3 Å². The Morgan fingerprint density at radius 2 is 2.35 bits per heavy atom. The second-order valence-electron chi connectivity index (χ2n) is 4.29. The molecule has 0 spiro atoms. The maximum absolute atomic E-state index is 11.8. The SMILES string of the molecule is Cc1noc(NC(=O)CSc2nnc(NCc3ccco3)s2)n1. The molecule has 0 bridgehead atoms. The summed E-state index contributed by atoms with van der Waals surface area (Å²) in [5, 5.41) is 17.9. The highest BCUT2D eigenvalue weighted by Crippen LogP contribution is 2.25. The van der Waals surface area contributed by atoms with Crippen LogP contribution in [0.3, 0.4) is 0 Å². The molecule has 2 N–H and O–H groups in total. The van der Waals surface area contributed by atoms with Gasteiger partial charge in [0.1, 0.15) is 5.76 Å². The van der Waals surface area contributed by atoms with Gasteiger partial charge in [-0.2, -0.15) is 4.98 Å². The second-order valence-corrected chi connectivity index (χ2v) is 6.49. The molecule has 0 fully saturated rings. The molecule has 0 saturated carbocycles. The van der Waals surface area contributed by atoms with E-state index in [2.05, 4.69) is 31.0 Å². The van der Waals surface area contributed by atoms with E-state index in [1.165, 1.54) is 23.1 Å². The maximum Gasteiger partial charge on any atom is 0.328 e. The second kappa shape index (κ2) is 7.24. The number of carbonyl (C=O) groups excluding carboxylic acids is 1. The van der Waals surface area contributed by atoms with Crippen molar-refractivity contribution in [3.05, 3.63) is 30.0 Å². The predicted molar refractivity (Wildman–Crippen MR) is 84.3 cm³/mol. The van der Waals surface area contributed by atoms with Gasteiger partial charge in [0.05, 0.1) is 18.6 Å². The van der Waals surface area contributed by atoms with E-state index >= 15 is 0 Å². The summed E-state index contributed by atoms with van der Waals surface area (Å²) in [5.74, 6) is 1.20. The lowest BCUT2D eigenvalue weighted by molar-refractivity contribution is -0.114. The minimum absolute atomic E-state index is 0.0890. The van der Waals surface area contributed by atoms with Crippen molar-refractivity contribution in [2.24, 2.45) is 0 Å². The fraction of sp³-hybridized carbons (Fsp3) is 0.250. The van der Waals surface area contributed by atoms with Gasteiger partial charge in [-0.05, 0) is 19.1 Å². The Hall–Kier alpha value is -2.40. The van der Waals surface area contributed by atoms with Crippen LogP contribution in [0.25, 0.3) is 0 Å². The first kappa shape index (κ1) is 15.5. The first-order valence-corrected chi connectivity index (χ1v) is 8.32. The monoisotopic (exact) mass is 352 g/mol. The summed E-state index contributed by atoms with van der Waals surface area (Å²) in [6.07, 6.45) is 1.61. The number of amides is 1. The van der Waals surface area contributed by atoms with Gasteiger partial charge in [-0.15, -0.1) is 10.2 Å². The van der Waals surface area contributed by atoms with Gasteiger partial charge in [0.25, 0.3) is 0 Å². The molecule has 3 aromatic heterocycles. The minimum atomic E-state index is -0.251. The molecular formula is C12H12N6O3S2. The Labute approximate surface area is 138 Å². The van der Waals surface area contributed by atoms with Crippen molar-refractivity contribution in [3.63, 3.8) is 0 Å². The van der Waals surface area contributed by atoms with Gasteiger partial charge in [-0.25, -0.2) is 0 Å². The van der Waals surface area contributed by atoms with Gasteiger partial charge in [0.15, 0.2) is 10.2 Å². The molecule has 0 aromatic carbocycles. The molecule has 0 aliphatic carbocycles. The largest absolute Gasteiger partial charge is 0.467 e. The number of furan rings is 1. The molecule has 0 unspecified atom stereocenters. The van der Waals surface area contributed by atoms with E-state index in [1.807, 2.05) is 12.1 Å². The highest BCUT2D eigenvalue weighted by atomic mass is 32.2. The first-order chi connectivity index (χ1) is 11.2. The molecule has 0 aliphatic heterocycles. The van der Waals surface area contributed by atoms with Crippen LogP contribution in [0.2, 0.25) is 0 Å². The van der Waals surface area contributed by atoms with E-state index in [0.717, 1.165) is 5.76 Å². The van der Waals surface area contributed by atoms with Crippen LogP contribution in [0.4, 0.5) is 11.1 Å². The Morgan fingerprint density at radius 3 is 3.09 bits per heavy atom. The summed E-state index contributed by atoms with van der Waals surface area (Å²) in [5.41, 5.74) is 0. The average molecular weight is 352 g/mol. The average Bonchev–Trinajstić information content (AvgIpc) is 3.25. The predicted octanol–water partition coefficient (Wildman–Crippen LogP) is 2.17. The quantitative estimate of drug-likeness (QED) is 0.616. The molecule has 0 saturated heterocycles. The Balaban J connectivity index is 1.44. The van der Waals surface area contributed by atoms with E-state index in [1.54, 1.807) is 13.2 Å². The number of nitrogens with zero attached hydrogens (tertiary/aromatic N) is 4. The first-order valence-electron chi connectivity index (χ1n) is 6.52. The fourth-order valence-electron chi connectivity index (χ4n) is 1.55. The van der Waals surface area contributed by atoms with Crippen molar-refractivity contribution in [2.75, 3.05) is 16.4 Å². The Morgan fingerprint density at radius 1 is 1.43 bits per heavy atom. The highest BCUT2D eigenvalue weighted by molar-refractivity contribution is 8.01. The van der Waals surface area contributed by atoms with Gasteiger partial charge in [-0.1, -0.05) is 28.3 Å². The van der Waals surface area contributed by atoms with E-state index < -0.39 is 0 Å². The lowest BCUT2D eigenvalue weighted by Crippen LogP contribution is -2.14. The zero-order valence-corrected chi connectivity index (χ0v) is 13.6. The van der Waals surface area contributed by atoms with Crippen molar-refractivity contribution in [1.82, 2.24) is 20.3 Å². The molecule has 3 heterocycles. The van der Waals surface area contributed by atoms with Crippen LogP contribution < -0.4 is 10.6 Å². The van der Waals surface area contributed by atoms with Gasteiger partial charge in [0, 0.05) is 0 Å². The Kier molecular flexibility index (Phi) is 4.88. The van der Waals surface area contributed by atoms with Gasteiger partial charge in [-0.3, -0.25) is 10.1 Å². The van der Waals surface area contributed by atoms with Crippen molar-refractivity contribution in [3.8, 4) is 0 Å². The molecule has 3 rings (SSSR count). The molecular weight excluding hydrogens is 340 g/mol. The third kappa shape index (κ3) is 4.53. The fourth-order valence-corrected chi connectivity index (χ4v) is 3.09. The third-order valence-electron chi connectivity index (χ3n) is 2.50. The maximum atomic E-state index is 11.8. The van der Waals surface area contributed by atoms with Crippen LogP contribution in [0.1, 0.15) is 11.6 Å². The molecule has 11 heteroatoms. The zero-order chi connectivity index (χ0) is 16.1. The number of thioether (sulfide) groups is 1. The van der Waals surface area contributed by atoms with Crippen LogP contribution in [0, 0.1) is 6.92 Å². The summed E-state index contributed by atoms with van der Waals surface area (Å²) in [7, 11) is 0. The lowest BCUT2D eigenvalue weighted by Gasteiger charge is -1.98. The number of hydrogen-bond acceptors (Lipinski definition) is 10. The minimum Gasteiger partial charge on any atom is -0.467 e. The van der Waals surface area contributed by atoms with E-state index in [9.17, 15) is 4.79 Å². The van der Waals surface area contributed by atoms with E-state index in [4.69, 9.17) is 8.94 Å². The van der Waals surface area contributed by atoms with Crippen LogP contribution >= 0.6 is 23.1 Å². The van der Waals surface area contributed by atoms with Crippen molar-refractivity contribution < 1.29 is 13.7 Å². The molecule has 1 amide bonds. The zero-order valence-electron chi connectivity index (χ0n) is 12.0. The molecule has 0 atom stereocenters. The Bertz CT molecular complexity index is 769. The number of anilines is 2. The summed E-state index contributed by atoms with van der Waals surface area (Å²) in [6, 6.07) is 3.78. The normalized spacial score (nSPS) is 10.7. The molecule has 120 valence electrons. The lowest BCUT2D eigenvalue weighted by atomic mass is 10.4. The summed E-state index contributed by atoms with van der Waals surface area (Å²) < 4.78 is 10.7. The smallest absolute Gasteiger partial charge is 0.328 e. The number of aryl methyl sites for hydroxylation is 1. The van der Waals surface area contributed by atoms with Crippen LogP contribution in [-0.4, -0.2) is 32.0 Å². The summed E-state index contributed by atoms with van der Waals surface area (Å²) in [6.45, 7) is 2.20. The topological polar surface area (TPSA) is 119 Å². The molecule has 0 aliphatic rings. The summed E-state index contributed by atoms with van der Waals surface area (Å²) in [4.78, 5) is 15.6. The van der Waals surface area contributed by atoms with Crippen LogP contribution in [0.5, 0.6) is 0 Å². The molecule has 3 aromatic rings. The highest BCUT2D eigenvalue weighted by Gasteiger charge is 2.11. The van der Waals surface area contributed by atoms with Crippen molar-refractivity contribution in [2.45, 2.75) is 17.8 Å². The third-order valence-corrected chi connectivity index (χ3v) is 4.52. The number of hydrogen-bond donors (Lipinski definition) is 2. The number of nitrogens with one attached hydrogen (secondary N) is 2. The standard InChI is InChI=1S/C12H12N6O3S2/c1-7-14-10(21-18-7)15-9(19)6-22-12-17-16-11(23-12)13-5-8-3-2-4-20-8/h2-4H,5-6H2,1H3,(H,13,16)(H,14,15,18,19). The summed E-state index contributed by atoms with van der Waals surface area (Å²) >= 11 is 2.64. The van der Waals surface area contributed by atoms with Gasteiger partial charge in [0.2, 0.25) is 11.0 Å². The molecule has 9 nitrogen and oxygen atoms in total. The van der Waals surface area contributed by atoms with Crippen molar-refractivity contribution >= 4 is 40.2 Å². The van der Waals surface area contributed by atoms with Crippen LogP contribution in [0.15, 0.2) is 31.7 Å². The van der Waals surface area contributed by atoms with E-state index in [-0.39, 0.29) is 17.7 Å². The number of rotatable bonds is 7.